The van der Waals surface area contributed by atoms with Crippen LogP contribution in [-0.2, 0) is 11.2 Å². The Morgan fingerprint density at radius 3 is 3.00 bits per heavy atom. The Kier molecular flexibility index (Phi) is 7.15. The van der Waals surface area contributed by atoms with Crippen LogP contribution < -0.4 is 10.6 Å². The molecule has 2 fully saturated rings. The highest BCUT2D eigenvalue weighted by Crippen LogP contribution is 2.36. The first-order chi connectivity index (χ1) is 11.6. The summed E-state index contributed by atoms with van der Waals surface area (Å²) in [4.78, 5) is 18.8. The van der Waals surface area contributed by atoms with Gasteiger partial charge in [0.2, 0.25) is 5.91 Å². The molecular weight excluding hydrogens is 431 g/mol. The molecule has 25 heavy (non-hydrogen) atoms. The van der Waals surface area contributed by atoms with Crippen molar-refractivity contribution in [3.8, 4) is 0 Å². The van der Waals surface area contributed by atoms with E-state index in [1.165, 1.54) is 0 Å². The highest BCUT2D eigenvalue weighted by molar-refractivity contribution is 14.0. The van der Waals surface area contributed by atoms with Gasteiger partial charge in [-0.1, -0.05) is 0 Å². The quantitative estimate of drug-likeness (QED) is 0.412. The Morgan fingerprint density at radius 2 is 2.36 bits per heavy atom. The van der Waals surface area contributed by atoms with Crippen molar-refractivity contribution in [1.29, 1.82) is 0 Å². The number of hydrogen-bond acceptors (Lipinski definition) is 3. The number of carbonyl (C=O) groups excluding carboxylic acids is 1. The van der Waals surface area contributed by atoms with Gasteiger partial charge < -0.3 is 20.0 Å². The van der Waals surface area contributed by atoms with E-state index in [9.17, 15) is 4.79 Å². The molecule has 2 aliphatic rings. The van der Waals surface area contributed by atoms with Gasteiger partial charge in [0.25, 0.3) is 0 Å². The highest BCUT2D eigenvalue weighted by Gasteiger charge is 2.42. The molecule has 0 saturated carbocycles. The summed E-state index contributed by atoms with van der Waals surface area (Å²) in [6, 6.07) is 4.22. The van der Waals surface area contributed by atoms with Gasteiger partial charge in [-0.3, -0.25) is 9.79 Å². The SMILES string of the molecule is CC(C)NC(=NCCc1ccco1)N1CCCC2(CNC(=O)C2)C1.I. The monoisotopic (exact) mass is 460 g/mol. The summed E-state index contributed by atoms with van der Waals surface area (Å²) in [5, 5.41) is 6.49. The number of rotatable bonds is 4. The van der Waals surface area contributed by atoms with E-state index in [0.717, 1.165) is 50.6 Å². The number of carbonyl (C=O) groups is 1. The molecular formula is C18H29IN4O2. The van der Waals surface area contributed by atoms with Crippen molar-refractivity contribution in [2.45, 2.75) is 45.6 Å². The van der Waals surface area contributed by atoms with Crippen LogP contribution in [0.5, 0.6) is 0 Å². The molecule has 1 aromatic rings. The van der Waals surface area contributed by atoms with E-state index in [1.54, 1.807) is 6.26 Å². The Labute approximate surface area is 166 Å². The normalized spacial score (nSPS) is 23.7. The van der Waals surface area contributed by atoms with E-state index in [4.69, 9.17) is 9.41 Å². The van der Waals surface area contributed by atoms with Crippen LogP contribution in [0.2, 0.25) is 0 Å². The lowest BCUT2D eigenvalue weighted by Crippen LogP contribution is -2.52. The maximum atomic E-state index is 11.7. The van der Waals surface area contributed by atoms with Gasteiger partial charge in [-0.25, -0.2) is 0 Å². The Hall–Kier alpha value is -1.25. The van der Waals surface area contributed by atoms with Crippen LogP contribution in [0.15, 0.2) is 27.8 Å². The fraction of sp³-hybridized carbons (Fsp3) is 0.667. The maximum absolute atomic E-state index is 11.7. The van der Waals surface area contributed by atoms with Gasteiger partial charge in [0, 0.05) is 50.5 Å². The summed E-state index contributed by atoms with van der Waals surface area (Å²) in [6.07, 6.45) is 5.36. The van der Waals surface area contributed by atoms with E-state index < -0.39 is 0 Å². The molecule has 1 unspecified atom stereocenters. The summed E-state index contributed by atoms with van der Waals surface area (Å²) < 4.78 is 5.38. The molecule has 0 aromatic carbocycles. The topological polar surface area (TPSA) is 69.9 Å². The third-order valence-corrected chi connectivity index (χ3v) is 4.77. The average Bonchev–Trinajstić information content (AvgIpc) is 3.17. The Morgan fingerprint density at radius 1 is 1.52 bits per heavy atom. The molecule has 3 rings (SSSR count). The number of nitrogens with zero attached hydrogens (tertiary/aromatic N) is 2. The first-order valence-electron chi connectivity index (χ1n) is 8.91. The molecule has 0 bridgehead atoms. The van der Waals surface area contributed by atoms with Crippen molar-refractivity contribution >= 4 is 35.8 Å². The molecule has 2 aliphatic heterocycles. The van der Waals surface area contributed by atoms with Crippen molar-refractivity contribution in [3.05, 3.63) is 24.2 Å². The number of amides is 1. The van der Waals surface area contributed by atoms with Crippen LogP contribution in [0.25, 0.3) is 0 Å². The van der Waals surface area contributed by atoms with Crippen molar-refractivity contribution in [2.75, 3.05) is 26.2 Å². The van der Waals surface area contributed by atoms with Crippen LogP contribution >= 0.6 is 24.0 Å². The summed E-state index contributed by atoms with van der Waals surface area (Å²) in [5.74, 6) is 2.10. The zero-order valence-electron chi connectivity index (χ0n) is 15.1. The minimum absolute atomic E-state index is 0. The second kappa shape index (κ2) is 8.91. The van der Waals surface area contributed by atoms with Gasteiger partial charge in [0.1, 0.15) is 5.76 Å². The van der Waals surface area contributed by atoms with Gasteiger partial charge >= 0.3 is 0 Å². The first kappa shape index (κ1) is 20.1. The van der Waals surface area contributed by atoms with Crippen molar-refractivity contribution in [2.24, 2.45) is 10.4 Å². The maximum Gasteiger partial charge on any atom is 0.220 e. The molecule has 1 aromatic heterocycles. The standard InChI is InChI=1S/C18H28N4O2.HI/c1-14(2)21-17(19-8-6-15-5-3-10-24-15)22-9-4-7-18(13-22)11-16(23)20-12-18;/h3,5,10,14H,4,6-9,11-13H2,1-2H3,(H,19,21)(H,20,23);1H. The summed E-state index contributed by atoms with van der Waals surface area (Å²) in [5.41, 5.74) is 0.0791. The Bertz CT molecular complexity index is 588. The van der Waals surface area contributed by atoms with Gasteiger partial charge in [-0.05, 0) is 38.8 Å². The minimum Gasteiger partial charge on any atom is -0.469 e. The van der Waals surface area contributed by atoms with Crippen molar-refractivity contribution in [1.82, 2.24) is 15.5 Å². The minimum atomic E-state index is 0. The smallest absolute Gasteiger partial charge is 0.220 e. The third-order valence-electron chi connectivity index (χ3n) is 4.77. The van der Waals surface area contributed by atoms with Crippen LogP contribution in [0, 0.1) is 5.41 Å². The summed E-state index contributed by atoms with van der Waals surface area (Å²) in [7, 11) is 0. The van der Waals surface area contributed by atoms with E-state index in [1.807, 2.05) is 12.1 Å². The number of likely N-dealkylation sites (tertiary alicyclic amines) is 1. The lowest BCUT2D eigenvalue weighted by atomic mass is 9.79. The fourth-order valence-corrected chi connectivity index (χ4v) is 3.65. The molecule has 140 valence electrons. The lowest BCUT2D eigenvalue weighted by molar-refractivity contribution is -0.119. The van der Waals surface area contributed by atoms with E-state index in [0.29, 0.717) is 19.0 Å². The molecule has 2 N–H and O–H groups in total. The number of halogens is 1. The van der Waals surface area contributed by atoms with Crippen LogP contribution in [-0.4, -0.2) is 49.0 Å². The predicted octanol–water partition coefficient (Wildman–Crippen LogP) is 2.40. The molecule has 0 radical (unpaired) electrons. The molecule has 2 saturated heterocycles. The fourth-order valence-electron chi connectivity index (χ4n) is 3.65. The Balaban J connectivity index is 0.00000225. The largest absolute Gasteiger partial charge is 0.469 e. The number of hydrogen-bond donors (Lipinski definition) is 2. The number of aliphatic imine (C=N–C) groups is 1. The molecule has 0 aliphatic carbocycles. The number of piperidine rings is 1. The predicted molar refractivity (Wildman–Crippen MR) is 109 cm³/mol. The van der Waals surface area contributed by atoms with E-state index in [2.05, 4.69) is 29.4 Å². The zero-order valence-corrected chi connectivity index (χ0v) is 17.4. The first-order valence-corrected chi connectivity index (χ1v) is 8.91. The van der Waals surface area contributed by atoms with Crippen molar-refractivity contribution < 1.29 is 9.21 Å². The summed E-state index contributed by atoms with van der Waals surface area (Å²) >= 11 is 0. The molecule has 3 heterocycles. The third kappa shape index (κ3) is 5.36. The summed E-state index contributed by atoms with van der Waals surface area (Å²) in [6.45, 7) is 7.64. The van der Waals surface area contributed by atoms with Gasteiger partial charge in [-0.15, -0.1) is 24.0 Å². The van der Waals surface area contributed by atoms with E-state index >= 15 is 0 Å². The van der Waals surface area contributed by atoms with Crippen LogP contribution in [0.1, 0.15) is 38.9 Å². The number of furan rings is 1. The molecule has 1 atom stereocenters. The average molecular weight is 460 g/mol. The molecule has 7 heteroatoms. The molecule has 1 spiro atoms. The van der Waals surface area contributed by atoms with Crippen molar-refractivity contribution in [3.63, 3.8) is 0 Å². The van der Waals surface area contributed by atoms with Crippen LogP contribution in [0.4, 0.5) is 0 Å². The van der Waals surface area contributed by atoms with Crippen LogP contribution in [0.3, 0.4) is 0 Å². The van der Waals surface area contributed by atoms with Gasteiger partial charge in [-0.2, -0.15) is 0 Å². The number of guanidine groups is 1. The lowest BCUT2D eigenvalue weighted by Gasteiger charge is -2.41. The molecule has 1 amide bonds. The van der Waals surface area contributed by atoms with E-state index in [-0.39, 0.29) is 35.3 Å². The zero-order chi connectivity index (χ0) is 17.0. The second-order valence-electron chi connectivity index (χ2n) is 7.31. The second-order valence-corrected chi connectivity index (χ2v) is 7.31. The number of nitrogens with one attached hydrogen (secondary N) is 2. The van der Waals surface area contributed by atoms with Gasteiger partial charge in [0.15, 0.2) is 5.96 Å². The highest BCUT2D eigenvalue weighted by atomic mass is 127. The molecule has 6 nitrogen and oxygen atoms in total. The van der Waals surface area contributed by atoms with Gasteiger partial charge in [0.05, 0.1) is 6.26 Å².